The second-order valence-corrected chi connectivity index (χ2v) is 10.9. The largest absolute Gasteiger partial charge is 0.486 e. The van der Waals surface area contributed by atoms with Crippen LogP contribution in [-0.4, -0.2) is 73.5 Å². The number of carbonyl (C=O) groups excluding carboxylic acids is 2. The molecule has 0 unspecified atom stereocenters. The molecule has 10 heteroatoms. The summed E-state index contributed by atoms with van der Waals surface area (Å²) in [5.41, 5.74) is 0. The van der Waals surface area contributed by atoms with Crippen LogP contribution in [0.15, 0.2) is 23.1 Å². The van der Waals surface area contributed by atoms with Gasteiger partial charge in [-0.15, -0.1) is 0 Å². The molecule has 2 saturated heterocycles. The lowest BCUT2D eigenvalue weighted by Crippen LogP contribution is -2.52. The first-order chi connectivity index (χ1) is 15.7. The molecule has 4 rings (SSSR count). The number of benzene rings is 1. The van der Waals surface area contributed by atoms with Gasteiger partial charge in [0.1, 0.15) is 19.3 Å². The fourth-order valence-electron chi connectivity index (χ4n) is 4.95. The van der Waals surface area contributed by atoms with Gasteiger partial charge in [-0.1, -0.05) is 0 Å². The predicted molar refractivity (Wildman–Crippen MR) is 120 cm³/mol. The molecule has 1 aromatic rings. The molecule has 0 spiro atoms. The lowest BCUT2D eigenvalue weighted by molar-refractivity contribution is -0.164. The summed E-state index contributed by atoms with van der Waals surface area (Å²) >= 11 is 0. The number of fused-ring (bicyclic) bond motifs is 1. The number of rotatable bonds is 5. The van der Waals surface area contributed by atoms with E-state index < -0.39 is 28.1 Å². The first-order valence-electron chi connectivity index (χ1n) is 11.6. The highest BCUT2D eigenvalue weighted by Crippen LogP contribution is 2.35. The van der Waals surface area contributed by atoms with Crippen LogP contribution in [0.4, 0.5) is 0 Å². The Morgan fingerprint density at radius 1 is 1.03 bits per heavy atom. The average molecular weight is 481 g/mol. The Morgan fingerprint density at radius 2 is 1.70 bits per heavy atom. The molecule has 182 valence electrons. The zero-order valence-corrected chi connectivity index (χ0v) is 20.2. The van der Waals surface area contributed by atoms with E-state index in [-0.39, 0.29) is 29.4 Å². The van der Waals surface area contributed by atoms with Crippen LogP contribution in [0.1, 0.15) is 52.9 Å². The highest BCUT2D eigenvalue weighted by atomic mass is 32.2. The smallest absolute Gasteiger partial charge is 0.325 e. The number of ether oxygens (including phenoxy) is 3. The van der Waals surface area contributed by atoms with Gasteiger partial charge in [0.15, 0.2) is 17.6 Å². The summed E-state index contributed by atoms with van der Waals surface area (Å²) < 4.78 is 44.3. The number of likely N-dealkylation sites (tertiary alicyclic amines) is 1. The van der Waals surface area contributed by atoms with Gasteiger partial charge in [-0.3, -0.25) is 9.59 Å². The molecule has 3 aliphatic rings. The van der Waals surface area contributed by atoms with Gasteiger partial charge in [0, 0.05) is 24.7 Å². The Balaban J connectivity index is 1.47. The van der Waals surface area contributed by atoms with E-state index in [0.29, 0.717) is 37.6 Å². The Hall–Kier alpha value is -2.33. The number of sulfonamides is 1. The third kappa shape index (κ3) is 4.68. The van der Waals surface area contributed by atoms with Crippen LogP contribution in [0.5, 0.6) is 11.5 Å². The van der Waals surface area contributed by atoms with Crippen molar-refractivity contribution in [2.75, 3.05) is 19.8 Å². The quantitative estimate of drug-likeness (QED) is 0.596. The van der Waals surface area contributed by atoms with Crippen molar-refractivity contribution in [2.45, 2.75) is 82.0 Å². The third-order valence-corrected chi connectivity index (χ3v) is 8.59. The number of piperidine rings is 1. The first-order valence-corrected chi connectivity index (χ1v) is 13.1. The maximum absolute atomic E-state index is 13.3. The normalized spacial score (nSPS) is 26.6. The average Bonchev–Trinajstić information content (AvgIpc) is 3.29. The van der Waals surface area contributed by atoms with Gasteiger partial charge in [0.2, 0.25) is 10.0 Å². The minimum Gasteiger partial charge on any atom is -0.486 e. The van der Waals surface area contributed by atoms with E-state index in [1.54, 1.807) is 17.9 Å². The molecule has 3 heterocycles. The number of esters is 1. The van der Waals surface area contributed by atoms with Gasteiger partial charge in [0.05, 0.1) is 4.90 Å². The number of carbonyl (C=O) groups is 2. The molecule has 0 radical (unpaired) electrons. The van der Waals surface area contributed by atoms with Crippen LogP contribution in [-0.2, 0) is 24.3 Å². The summed E-state index contributed by atoms with van der Waals surface area (Å²) in [5.74, 6) is -0.0650. The van der Waals surface area contributed by atoms with Crippen molar-refractivity contribution < 1.29 is 32.2 Å². The Kier molecular flexibility index (Phi) is 6.86. The molecule has 1 aromatic carbocycles. The molecule has 0 saturated carbocycles. The van der Waals surface area contributed by atoms with Crippen molar-refractivity contribution >= 4 is 21.9 Å². The van der Waals surface area contributed by atoms with E-state index in [2.05, 4.69) is 0 Å². The van der Waals surface area contributed by atoms with Gasteiger partial charge >= 0.3 is 5.97 Å². The van der Waals surface area contributed by atoms with Gasteiger partial charge in [-0.2, -0.15) is 4.31 Å². The Bertz CT molecular complexity index is 1000. The zero-order valence-electron chi connectivity index (χ0n) is 19.4. The number of amides is 1. The van der Waals surface area contributed by atoms with Crippen molar-refractivity contribution in [3.05, 3.63) is 18.2 Å². The molecule has 9 nitrogen and oxygen atoms in total. The Labute approximate surface area is 195 Å². The highest BCUT2D eigenvalue weighted by Gasteiger charge is 2.42. The summed E-state index contributed by atoms with van der Waals surface area (Å²) in [5, 5.41) is 0. The van der Waals surface area contributed by atoms with E-state index in [1.165, 1.54) is 16.4 Å². The monoisotopic (exact) mass is 480 g/mol. The van der Waals surface area contributed by atoms with E-state index in [9.17, 15) is 18.0 Å². The fourth-order valence-corrected chi connectivity index (χ4v) is 6.61. The van der Waals surface area contributed by atoms with Crippen LogP contribution in [0, 0.1) is 0 Å². The second-order valence-electron chi connectivity index (χ2n) is 9.03. The fraction of sp³-hybridized carbons (Fsp3) is 0.652. The molecule has 33 heavy (non-hydrogen) atoms. The number of hydrogen-bond acceptors (Lipinski definition) is 7. The molecule has 1 amide bonds. The van der Waals surface area contributed by atoms with Gasteiger partial charge in [0.25, 0.3) is 5.91 Å². The lowest BCUT2D eigenvalue weighted by atomic mass is 9.97. The summed E-state index contributed by atoms with van der Waals surface area (Å²) in [7, 11) is -3.96. The molecular formula is C23H32N2O7S. The molecule has 2 fully saturated rings. The third-order valence-electron chi connectivity index (χ3n) is 6.68. The summed E-state index contributed by atoms with van der Waals surface area (Å²) in [6, 6.07) is 3.65. The van der Waals surface area contributed by atoms with Crippen molar-refractivity contribution in [3.63, 3.8) is 0 Å². The van der Waals surface area contributed by atoms with E-state index >= 15 is 0 Å². The predicted octanol–water partition coefficient (Wildman–Crippen LogP) is 2.33. The van der Waals surface area contributed by atoms with Gasteiger partial charge in [-0.25, -0.2) is 8.42 Å². The summed E-state index contributed by atoms with van der Waals surface area (Å²) in [6.07, 6.45) is 2.81. The second kappa shape index (κ2) is 9.50. The van der Waals surface area contributed by atoms with Crippen LogP contribution in [0.3, 0.4) is 0 Å². The minimum atomic E-state index is -3.96. The molecule has 0 N–H and O–H groups in total. The first kappa shape index (κ1) is 23.8. The topological polar surface area (TPSA) is 102 Å². The Morgan fingerprint density at radius 3 is 2.39 bits per heavy atom. The van der Waals surface area contributed by atoms with Gasteiger partial charge < -0.3 is 19.1 Å². The van der Waals surface area contributed by atoms with Crippen LogP contribution < -0.4 is 9.47 Å². The molecule has 0 bridgehead atoms. The van der Waals surface area contributed by atoms with Crippen molar-refractivity contribution in [1.82, 2.24) is 9.21 Å². The van der Waals surface area contributed by atoms with E-state index in [1.807, 2.05) is 13.8 Å². The van der Waals surface area contributed by atoms with E-state index in [4.69, 9.17) is 14.2 Å². The molecular weight excluding hydrogens is 448 g/mol. The maximum atomic E-state index is 13.3. The molecule has 3 aliphatic heterocycles. The summed E-state index contributed by atoms with van der Waals surface area (Å²) in [4.78, 5) is 27.8. The van der Waals surface area contributed by atoms with E-state index in [0.717, 1.165) is 19.3 Å². The number of nitrogens with zero attached hydrogens (tertiary/aromatic N) is 2. The summed E-state index contributed by atoms with van der Waals surface area (Å²) in [6.45, 7) is 6.52. The minimum absolute atomic E-state index is 0.0338. The standard InChI is InChI=1S/C23H32N2O7S/c1-15-6-4-7-16(2)25(15)22(26)17(3)32-23(27)19-8-5-11-24(19)33(28,29)18-9-10-20-21(14-18)31-13-12-30-20/h9-10,14-17,19H,4-8,11-13H2,1-3H3/t15-,16-,17+,19-/m0/s1. The van der Waals surface area contributed by atoms with Crippen molar-refractivity contribution in [2.24, 2.45) is 0 Å². The maximum Gasteiger partial charge on any atom is 0.325 e. The zero-order chi connectivity index (χ0) is 23.8. The van der Waals surface area contributed by atoms with Gasteiger partial charge in [-0.05, 0) is 65.0 Å². The number of hydrogen-bond donors (Lipinski definition) is 0. The molecule has 0 aromatic heterocycles. The van der Waals surface area contributed by atoms with Crippen LogP contribution >= 0.6 is 0 Å². The van der Waals surface area contributed by atoms with Crippen molar-refractivity contribution in [3.8, 4) is 11.5 Å². The molecule has 4 atom stereocenters. The molecule has 0 aliphatic carbocycles. The van der Waals surface area contributed by atoms with Crippen LogP contribution in [0.25, 0.3) is 0 Å². The lowest BCUT2D eigenvalue weighted by Gasteiger charge is -2.40. The van der Waals surface area contributed by atoms with Crippen molar-refractivity contribution in [1.29, 1.82) is 0 Å². The van der Waals surface area contributed by atoms with Crippen LogP contribution in [0.2, 0.25) is 0 Å². The highest BCUT2D eigenvalue weighted by molar-refractivity contribution is 7.89. The SMILES string of the molecule is C[C@@H](OC(=O)[C@@H]1CCCN1S(=O)(=O)c1ccc2c(c1)OCCO2)C(=O)N1[C@@H](C)CCC[C@@H]1C.